The maximum atomic E-state index is 13.1. The number of benzene rings is 2. The van der Waals surface area contributed by atoms with Crippen LogP contribution in [0.2, 0.25) is 10.0 Å². The highest BCUT2D eigenvalue weighted by Gasteiger charge is 2.35. The third kappa shape index (κ3) is 4.48. The average Bonchev–Trinajstić information content (AvgIpc) is 3.53. The molecule has 3 aromatic rings. The van der Waals surface area contributed by atoms with Crippen LogP contribution in [-0.2, 0) is 22.7 Å². The number of aromatic nitrogens is 1. The minimum absolute atomic E-state index is 0.0896. The Morgan fingerprint density at radius 1 is 1.03 bits per heavy atom. The summed E-state index contributed by atoms with van der Waals surface area (Å²) in [7, 11) is 0. The largest absolute Gasteiger partial charge is 0.341 e. The quantitative estimate of drug-likeness (QED) is 0.404. The molecular weight excluding hydrogens is 493 g/mol. The second-order valence-corrected chi connectivity index (χ2v) is 10.1. The number of fused-ring (bicyclic) bond motifs is 1. The van der Waals surface area contributed by atoms with Gasteiger partial charge in [-0.25, -0.2) is 0 Å². The highest BCUT2D eigenvalue weighted by molar-refractivity contribution is 8.18. The lowest BCUT2D eigenvalue weighted by molar-refractivity contribution is -0.130. The molecule has 1 aromatic heterocycles. The van der Waals surface area contributed by atoms with E-state index in [2.05, 4.69) is 0 Å². The molecule has 2 fully saturated rings. The second-order valence-electron chi connectivity index (χ2n) is 8.33. The third-order valence-electron chi connectivity index (χ3n) is 6.07. The van der Waals surface area contributed by atoms with E-state index in [1.165, 1.54) is 4.90 Å². The van der Waals surface area contributed by atoms with E-state index in [4.69, 9.17) is 23.2 Å². The number of carbonyl (C=O) groups is 3. The number of halogens is 2. The summed E-state index contributed by atoms with van der Waals surface area (Å²) in [6.45, 7) is 1.96. The topological polar surface area (TPSA) is 62.6 Å². The zero-order valence-corrected chi connectivity index (χ0v) is 20.5. The predicted octanol–water partition coefficient (Wildman–Crippen LogP) is 5.81. The molecular formula is C25H21Cl2N3O3S. The van der Waals surface area contributed by atoms with Crippen LogP contribution >= 0.6 is 35.0 Å². The van der Waals surface area contributed by atoms with E-state index in [-0.39, 0.29) is 30.1 Å². The van der Waals surface area contributed by atoms with Crippen molar-refractivity contribution >= 4 is 69.0 Å². The Morgan fingerprint density at radius 3 is 2.56 bits per heavy atom. The summed E-state index contributed by atoms with van der Waals surface area (Å²) >= 11 is 13.0. The Kier molecular flexibility index (Phi) is 6.42. The summed E-state index contributed by atoms with van der Waals surface area (Å²) < 4.78 is 1.92. The first-order chi connectivity index (χ1) is 16.4. The lowest BCUT2D eigenvalue weighted by Crippen LogP contribution is -2.30. The van der Waals surface area contributed by atoms with Crippen LogP contribution in [0, 0.1) is 0 Å². The van der Waals surface area contributed by atoms with Gasteiger partial charge in [0.25, 0.3) is 11.1 Å². The molecule has 34 heavy (non-hydrogen) atoms. The number of carbonyl (C=O) groups excluding carboxylic acids is 3. The zero-order valence-electron chi connectivity index (χ0n) is 18.2. The summed E-state index contributed by atoms with van der Waals surface area (Å²) in [4.78, 5) is 41.8. The highest BCUT2D eigenvalue weighted by atomic mass is 35.5. The molecule has 9 heteroatoms. The molecule has 5 rings (SSSR count). The smallest absolute Gasteiger partial charge is 0.293 e. The summed E-state index contributed by atoms with van der Waals surface area (Å²) in [5.74, 6) is -0.266. The van der Waals surface area contributed by atoms with E-state index in [1.54, 1.807) is 24.3 Å². The van der Waals surface area contributed by atoms with Crippen molar-refractivity contribution < 1.29 is 14.4 Å². The van der Waals surface area contributed by atoms with Gasteiger partial charge in [0.15, 0.2) is 0 Å². The van der Waals surface area contributed by atoms with E-state index in [1.807, 2.05) is 39.9 Å². The Morgan fingerprint density at radius 2 is 1.79 bits per heavy atom. The fourth-order valence-electron chi connectivity index (χ4n) is 4.33. The minimum atomic E-state index is -0.356. The van der Waals surface area contributed by atoms with Gasteiger partial charge in [-0.05, 0) is 54.4 Å². The maximum absolute atomic E-state index is 13.1. The standard InChI is InChI=1S/C25H21Cl2N3O3S/c26-19-8-7-16(11-20(19)27)13-30-24(32)22(34-25(30)33)12-17-14-29(21-6-2-1-5-18(17)21)15-23(31)28-9-3-4-10-28/h1-2,5-8,11-12,14H,3-4,9-10,13,15H2/b22-12-. The van der Waals surface area contributed by atoms with Crippen molar-refractivity contribution in [1.82, 2.24) is 14.4 Å². The van der Waals surface area contributed by atoms with Crippen LogP contribution in [0.3, 0.4) is 0 Å². The molecule has 0 atom stereocenters. The van der Waals surface area contributed by atoms with Gasteiger partial charge in [-0.2, -0.15) is 0 Å². The predicted molar refractivity (Wildman–Crippen MR) is 136 cm³/mol. The van der Waals surface area contributed by atoms with Gasteiger partial charge < -0.3 is 9.47 Å². The number of para-hydroxylation sites is 1. The number of likely N-dealkylation sites (tertiary alicyclic amines) is 1. The number of hydrogen-bond acceptors (Lipinski definition) is 4. The Bertz CT molecular complexity index is 1340. The lowest BCUT2D eigenvalue weighted by Gasteiger charge is -2.15. The van der Waals surface area contributed by atoms with E-state index < -0.39 is 0 Å². The molecule has 0 spiro atoms. The maximum Gasteiger partial charge on any atom is 0.293 e. The molecule has 2 aromatic carbocycles. The van der Waals surface area contributed by atoms with Crippen molar-refractivity contribution in [2.24, 2.45) is 0 Å². The molecule has 174 valence electrons. The van der Waals surface area contributed by atoms with Crippen LogP contribution in [0.1, 0.15) is 24.0 Å². The molecule has 0 N–H and O–H groups in total. The van der Waals surface area contributed by atoms with Gasteiger partial charge in [-0.1, -0.05) is 47.5 Å². The first-order valence-electron chi connectivity index (χ1n) is 11.0. The molecule has 3 heterocycles. The molecule has 0 unspecified atom stereocenters. The van der Waals surface area contributed by atoms with Gasteiger partial charge in [0.05, 0.1) is 21.5 Å². The number of amides is 3. The van der Waals surface area contributed by atoms with Crippen molar-refractivity contribution in [3.63, 3.8) is 0 Å². The Balaban J connectivity index is 1.41. The van der Waals surface area contributed by atoms with E-state index in [0.29, 0.717) is 15.0 Å². The van der Waals surface area contributed by atoms with E-state index in [9.17, 15) is 14.4 Å². The lowest BCUT2D eigenvalue weighted by atomic mass is 10.1. The molecule has 3 amide bonds. The highest BCUT2D eigenvalue weighted by Crippen LogP contribution is 2.35. The van der Waals surface area contributed by atoms with Gasteiger partial charge in [-0.3, -0.25) is 19.3 Å². The minimum Gasteiger partial charge on any atom is -0.341 e. The molecule has 6 nitrogen and oxygen atoms in total. The Labute approximate surface area is 211 Å². The Hall–Kier alpha value is -2.74. The molecule has 0 radical (unpaired) electrons. The van der Waals surface area contributed by atoms with Crippen molar-refractivity contribution in [1.29, 1.82) is 0 Å². The average molecular weight is 514 g/mol. The summed E-state index contributed by atoms with van der Waals surface area (Å²) in [5.41, 5.74) is 2.43. The van der Waals surface area contributed by atoms with Gasteiger partial charge in [0, 0.05) is 35.8 Å². The van der Waals surface area contributed by atoms with Crippen molar-refractivity contribution in [3.05, 3.63) is 74.7 Å². The molecule has 0 saturated carbocycles. The third-order valence-corrected chi connectivity index (χ3v) is 7.72. The molecule has 2 aliphatic rings. The summed E-state index contributed by atoms with van der Waals surface area (Å²) in [5, 5.41) is 1.38. The van der Waals surface area contributed by atoms with Crippen LogP contribution < -0.4 is 0 Å². The van der Waals surface area contributed by atoms with Crippen molar-refractivity contribution in [2.75, 3.05) is 13.1 Å². The number of imide groups is 1. The molecule has 0 aliphatic carbocycles. The number of thioether (sulfide) groups is 1. The first-order valence-corrected chi connectivity index (χ1v) is 12.5. The van der Waals surface area contributed by atoms with E-state index >= 15 is 0 Å². The first kappa shape index (κ1) is 23.0. The number of rotatable bonds is 5. The van der Waals surface area contributed by atoms with Crippen LogP contribution in [0.25, 0.3) is 17.0 Å². The monoisotopic (exact) mass is 513 g/mol. The van der Waals surface area contributed by atoms with Crippen LogP contribution in [0.4, 0.5) is 4.79 Å². The van der Waals surface area contributed by atoms with E-state index in [0.717, 1.165) is 59.7 Å². The van der Waals surface area contributed by atoms with Gasteiger partial charge in [0.1, 0.15) is 6.54 Å². The zero-order chi connectivity index (χ0) is 23.8. The fraction of sp³-hybridized carbons (Fsp3) is 0.240. The fourth-order valence-corrected chi connectivity index (χ4v) is 5.48. The van der Waals surface area contributed by atoms with Gasteiger partial charge >= 0.3 is 0 Å². The summed E-state index contributed by atoms with van der Waals surface area (Å²) in [6.07, 6.45) is 5.70. The SMILES string of the molecule is O=C(Cn1cc(/C=C2\SC(=O)N(Cc3ccc(Cl)c(Cl)c3)C2=O)c2ccccc21)N1CCCC1. The number of nitrogens with zero attached hydrogens (tertiary/aromatic N) is 3. The van der Waals surface area contributed by atoms with Gasteiger partial charge in [0.2, 0.25) is 5.91 Å². The molecule has 2 saturated heterocycles. The second kappa shape index (κ2) is 9.49. The van der Waals surface area contributed by atoms with Crippen molar-refractivity contribution in [2.45, 2.75) is 25.9 Å². The van der Waals surface area contributed by atoms with Gasteiger partial charge in [-0.15, -0.1) is 0 Å². The molecule has 0 bridgehead atoms. The van der Waals surface area contributed by atoms with Crippen molar-refractivity contribution in [3.8, 4) is 0 Å². The van der Waals surface area contributed by atoms with Crippen LogP contribution in [0.15, 0.2) is 53.6 Å². The normalized spacial score (nSPS) is 17.5. The summed E-state index contributed by atoms with van der Waals surface area (Å²) in [6, 6.07) is 12.8. The molecule has 2 aliphatic heterocycles. The van der Waals surface area contributed by atoms with Crippen LogP contribution in [-0.4, -0.2) is 44.5 Å². The van der Waals surface area contributed by atoms with Crippen LogP contribution in [0.5, 0.6) is 0 Å². The number of hydrogen-bond donors (Lipinski definition) is 0.